The molecule has 0 saturated carbocycles. The lowest BCUT2D eigenvalue weighted by atomic mass is 9.96. The number of fused-ring (bicyclic) bond motifs is 2. The molecule has 0 radical (unpaired) electrons. The van der Waals surface area contributed by atoms with Crippen molar-refractivity contribution in [3.63, 3.8) is 0 Å². The van der Waals surface area contributed by atoms with Crippen LogP contribution in [-0.2, 0) is 71.9 Å². The fourth-order valence-corrected chi connectivity index (χ4v) is 10.1. The summed E-state index contributed by atoms with van der Waals surface area (Å²) in [5, 5.41) is 62.4. The largest absolute Gasteiger partial charge is 0.481 e. The van der Waals surface area contributed by atoms with Crippen molar-refractivity contribution in [2.24, 2.45) is 11.8 Å². The number of carbonyl (C=O) groups is 15. The molecule has 0 aromatic heterocycles. The van der Waals surface area contributed by atoms with Crippen LogP contribution >= 0.6 is 0 Å². The second-order valence-corrected chi connectivity index (χ2v) is 22.8. The highest BCUT2D eigenvalue weighted by Crippen LogP contribution is 2.23. The van der Waals surface area contributed by atoms with Gasteiger partial charge in [0.15, 0.2) is 0 Å². The zero-order chi connectivity index (χ0) is 65.6. The Hall–Kier alpha value is -8.25. The van der Waals surface area contributed by atoms with Crippen molar-refractivity contribution >= 4 is 88.8 Å². The Balaban J connectivity index is 2.02. The number of carboxylic acids is 3. The van der Waals surface area contributed by atoms with E-state index >= 15 is 0 Å². The van der Waals surface area contributed by atoms with E-state index in [9.17, 15) is 92.3 Å². The molecule has 3 aliphatic heterocycles. The molecule has 3 heterocycles. The molecule has 3 aliphatic rings. The minimum absolute atomic E-state index is 0.0161. The van der Waals surface area contributed by atoms with Gasteiger partial charge in [-0.05, 0) is 69.8 Å². The number of aliphatic carboxylic acids is 3. The summed E-state index contributed by atoms with van der Waals surface area (Å²) in [7, 11) is 0. The molecule has 0 aromatic rings. The smallest absolute Gasteiger partial charge is 0.305 e. The summed E-state index contributed by atoms with van der Waals surface area (Å²) in [5.41, 5.74) is 0. The maximum Gasteiger partial charge on any atom is 0.305 e. The molecule has 0 aliphatic carbocycles. The predicted molar refractivity (Wildman–Crippen MR) is 311 cm³/mol. The molecule has 12 amide bonds. The number of amides is 12. The number of nitrogens with zero attached hydrogens (tertiary/aromatic N) is 2. The first-order valence-corrected chi connectivity index (χ1v) is 30.1. The standard InChI is InChI=1S/C57H90N12O19/c1-6-33(4)48-57(88)69-24-18-21-40(69)53(84)58-28-38(65-52(83)37(27-47(79)80)62-41(71)22-15-13-11-9-7-8-10-12-14-19-32(2)3)56(87)68-23-17-16-20-39(68)54(85)61-30-43(73)64-35(25-45(75)76)50(81)59-29-42(72)63-36(26-46(77)78)51(82)60-31-44(74)66-49(34(5)70)55(86)67-48/h15,22,32-40,48-49,70H,6-14,16-21,23-31H2,1-5H3,(H,58,84)(H,59,81)(H,60,82)(H,61,85)(H,62,71)(H,63,72)(H,64,73)(H,65,83)(H,66,74)(H,67,86)(H,75,76)(H,77,78)(H,79,80)/b22-15+/t33-,34-,35-,36-,37-,38-,39-,40-,48-,49-/m0/s1. The number of hydrogen-bond acceptors (Lipinski definition) is 16. The summed E-state index contributed by atoms with van der Waals surface area (Å²) in [6, 6.07) is -13.2. The number of unbranched alkanes of at least 4 members (excludes halogenated alkanes) is 7. The van der Waals surface area contributed by atoms with E-state index in [0.717, 1.165) is 50.0 Å². The van der Waals surface area contributed by atoms with Crippen LogP contribution in [0.25, 0.3) is 0 Å². The molecule has 3 saturated heterocycles. The molecule has 10 atom stereocenters. The van der Waals surface area contributed by atoms with E-state index in [-0.39, 0.29) is 38.8 Å². The van der Waals surface area contributed by atoms with Gasteiger partial charge in [0.2, 0.25) is 70.9 Å². The Morgan fingerprint density at radius 1 is 0.580 bits per heavy atom. The van der Waals surface area contributed by atoms with Gasteiger partial charge in [0, 0.05) is 19.6 Å². The minimum atomic E-state index is -1.90. The van der Waals surface area contributed by atoms with Crippen LogP contribution in [0, 0.1) is 11.8 Å². The number of aliphatic hydroxyl groups excluding tert-OH is 1. The third-order valence-corrected chi connectivity index (χ3v) is 15.1. The lowest BCUT2D eigenvalue weighted by Gasteiger charge is -2.37. The van der Waals surface area contributed by atoms with E-state index in [1.807, 2.05) is 0 Å². The maximum atomic E-state index is 14.8. The first-order chi connectivity index (χ1) is 41.6. The van der Waals surface area contributed by atoms with Crippen LogP contribution in [0.2, 0.25) is 0 Å². The molecule has 88 heavy (non-hydrogen) atoms. The third kappa shape index (κ3) is 26.0. The Labute approximate surface area is 510 Å². The summed E-state index contributed by atoms with van der Waals surface area (Å²) in [6.45, 7) is 5.06. The van der Waals surface area contributed by atoms with E-state index < -0.39 is 195 Å². The van der Waals surface area contributed by atoms with Crippen molar-refractivity contribution in [3.8, 4) is 0 Å². The second-order valence-electron chi connectivity index (χ2n) is 22.8. The van der Waals surface area contributed by atoms with Gasteiger partial charge in [0.25, 0.3) is 0 Å². The Kier molecular flexibility index (Phi) is 32.1. The average molecular weight is 1250 g/mol. The number of piperidine rings is 1. The van der Waals surface area contributed by atoms with Gasteiger partial charge in [0.05, 0.1) is 45.0 Å². The number of allylic oxidation sites excluding steroid dienone is 1. The summed E-state index contributed by atoms with van der Waals surface area (Å²) < 4.78 is 0. The second kappa shape index (κ2) is 38.1. The Morgan fingerprint density at radius 2 is 1.08 bits per heavy atom. The number of carbonyl (C=O) groups excluding carboxylic acids is 12. The van der Waals surface area contributed by atoms with Gasteiger partial charge in [-0.15, -0.1) is 0 Å². The number of hydrogen-bond donors (Lipinski definition) is 14. The Morgan fingerprint density at radius 3 is 1.61 bits per heavy atom. The van der Waals surface area contributed by atoms with Crippen LogP contribution in [0.5, 0.6) is 0 Å². The van der Waals surface area contributed by atoms with Gasteiger partial charge in [-0.25, -0.2) is 0 Å². The summed E-state index contributed by atoms with van der Waals surface area (Å²) in [6.07, 6.45) is 8.26. The van der Waals surface area contributed by atoms with Crippen LogP contribution in [0.4, 0.5) is 0 Å². The highest BCUT2D eigenvalue weighted by atomic mass is 16.4. The van der Waals surface area contributed by atoms with Gasteiger partial charge < -0.3 is 83.4 Å². The number of carboxylic acid groups (broad SMARTS) is 3. The molecular weight excluding hydrogens is 1160 g/mol. The highest BCUT2D eigenvalue weighted by molar-refractivity contribution is 6.00. The molecule has 31 nitrogen and oxygen atoms in total. The first-order valence-electron chi connectivity index (χ1n) is 30.1. The van der Waals surface area contributed by atoms with Gasteiger partial charge in [0.1, 0.15) is 48.3 Å². The molecular formula is C57H90N12O19. The van der Waals surface area contributed by atoms with Crippen molar-refractivity contribution in [3.05, 3.63) is 12.2 Å². The quantitative estimate of drug-likeness (QED) is 0.0366. The first kappa shape index (κ1) is 74.0. The zero-order valence-electron chi connectivity index (χ0n) is 50.8. The molecule has 492 valence electrons. The monoisotopic (exact) mass is 1250 g/mol. The lowest BCUT2D eigenvalue weighted by molar-refractivity contribution is -0.146. The fraction of sp³-hybridized carbons (Fsp3) is 0.702. The van der Waals surface area contributed by atoms with Gasteiger partial charge in [-0.3, -0.25) is 71.9 Å². The normalized spacial score (nSPS) is 24.1. The van der Waals surface area contributed by atoms with E-state index in [1.54, 1.807) is 19.9 Å². The van der Waals surface area contributed by atoms with Crippen LogP contribution in [-0.4, -0.2) is 213 Å². The summed E-state index contributed by atoms with van der Waals surface area (Å²) in [4.78, 5) is 202. The third-order valence-electron chi connectivity index (χ3n) is 15.1. The maximum absolute atomic E-state index is 14.8. The number of nitrogens with one attached hydrogen (secondary N) is 10. The van der Waals surface area contributed by atoms with E-state index in [4.69, 9.17) is 0 Å². The van der Waals surface area contributed by atoms with Crippen LogP contribution < -0.4 is 53.2 Å². The minimum Gasteiger partial charge on any atom is -0.481 e. The molecule has 0 bridgehead atoms. The Bertz CT molecular complexity index is 2530. The molecule has 31 heteroatoms. The van der Waals surface area contributed by atoms with Gasteiger partial charge in [-0.1, -0.05) is 85.1 Å². The SMILES string of the molecule is CC[C@H](C)[C@@H]1NC(=O)[C@H]([C@H](C)O)NC(=O)CNC(=O)[C@H](CC(=O)O)NC(=O)CNC(=O)[C@H](CC(=O)O)NC(=O)CNC(=O)[C@@H]2CCCCN2C(=O)[C@@H](NC(=O)[C@H](CC(=O)O)NC(=O)/C=C/CCCCCCCCCC(C)C)CNC(=O)[C@@H]2CCCN2C1=O. The molecule has 0 aromatic carbocycles. The van der Waals surface area contributed by atoms with E-state index in [0.29, 0.717) is 25.2 Å². The summed E-state index contributed by atoms with van der Waals surface area (Å²) >= 11 is 0. The summed E-state index contributed by atoms with van der Waals surface area (Å²) in [5.74, 6) is -17.2. The zero-order valence-corrected chi connectivity index (χ0v) is 50.8. The van der Waals surface area contributed by atoms with Crippen molar-refractivity contribution < 1.29 is 92.3 Å². The molecule has 3 rings (SSSR count). The van der Waals surface area contributed by atoms with Gasteiger partial charge in [-0.2, -0.15) is 0 Å². The van der Waals surface area contributed by atoms with Crippen LogP contribution in [0.1, 0.15) is 150 Å². The van der Waals surface area contributed by atoms with Crippen LogP contribution in [0.15, 0.2) is 12.2 Å². The topological polar surface area (TPSA) is 464 Å². The molecule has 3 fully saturated rings. The highest BCUT2D eigenvalue weighted by Gasteiger charge is 2.43. The van der Waals surface area contributed by atoms with Crippen molar-refractivity contribution in [2.45, 2.75) is 205 Å². The van der Waals surface area contributed by atoms with Crippen molar-refractivity contribution in [2.75, 3.05) is 39.3 Å². The predicted octanol–water partition coefficient (Wildman–Crippen LogP) is -2.68. The van der Waals surface area contributed by atoms with Crippen LogP contribution in [0.3, 0.4) is 0 Å². The average Bonchev–Trinajstić information content (AvgIpc) is 4.14. The molecule has 14 N–H and O–H groups in total. The van der Waals surface area contributed by atoms with Crippen molar-refractivity contribution in [1.82, 2.24) is 63.0 Å². The fourth-order valence-electron chi connectivity index (χ4n) is 10.1. The molecule has 0 unspecified atom stereocenters. The van der Waals surface area contributed by atoms with Crippen molar-refractivity contribution in [1.29, 1.82) is 0 Å². The molecule has 0 spiro atoms. The number of aliphatic hydroxyl groups is 1. The van der Waals surface area contributed by atoms with E-state index in [1.165, 1.54) is 24.2 Å². The van der Waals surface area contributed by atoms with E-state index in [2.05, 4.69) is 67.0 Å². The van der Waals surface area contributed by atoms with Gasteiger partial charge >= 0.3 is 17.9 Å². The number of rotatable bonds is 23. The lowest BCUT2D eigenvalue weighted by Crippen LogP contribution is -2.63.